The van der Waals surface area contributed by atoms with Crippen molar-refractivity contribution in [3.8, 4) is 11.1 Å². The van der Waals surface area contributed by atoms with Crippen molar-refractivity contribution in [2.24, 2.45) is 5.73 Å². The lowest BCUT2D eigenvalue weighted by Crippen LogP contribution is -2.48. The molecule has 1 aliphatic heterocycles. The van der Waals surface area contributed by atoms with Crippen molar-refractivity contribution < 1.29 is 14.0 Å². The standard InChI is InChI=1S/C21H25FN4O2/c1-25(19-9-11-26(12-10-19)14-20(23)27)21(28)24-18-7-5-15(6-8-18)16-3-2-4-17(22)13-16/h2-8,13,19H,9-12,14H2,1H3,(H2,23,27)(H,24,28). The number of anilines is 1. The average molecular weight is 384 g/mol. The van der Waals surface area contributed by atoms with Gasteiger partial charge in [-0.1, -0.05) is 24.3 Å². The summed E-state index contributed by atoms with van der Waals surface area (Å²) in [5, 5.41) is 2.90. The summed E-state index contributed by atoms with van der Waals surface area (Å²) in [7, 11) is 1.78. The zero-order valence-corrected chi connectivity index (χ0v) is 15.9. The minimum Gasteiger partial charge on any atom is -0.369 e. The quantitative estimate of drug-likeness (QED) is 0.832. The van der Waals surface area contributed by atoms with Crippen molar-refractivity contribution in [1.29, 1.82) is 0 Å². The van der Waals surface area contributed by atoms with Gasteiger partial charge < -0.3 is 16.0 Å². The molecule has 3 N–H and O–H groups in total. The Labute approximate surface area is 164 Å². The van der Waals surface area contributed by atoms with Crippen LogP contribution in [0.15, 0.2) is 48.5 Å². The fraction of sp³-hybridized carbons (Fsp3) is 0.333. The highest BCUT2D eigenvalue weighted by molar-refractivity contribution is 5.89. The Kier molecular flexibility index (Phi) is 6.26. The van der Waals surface area contributed by atoms with E-state index in [9.17, 15) is 14.0 Å². The van der Waals surface area contributed by atoms with Crippen LogP contribution in [-0.2, 0) is 4.79 Å². The van der Waals surface area contributed by atoms with Gasteiger partial charge in [0, 0.05) is 31.9 Å². The number of primary amides is 1. The lowest BCUT2D eigenvalue weighted by Gasteiger charge is -2.36. The Bertz CT molecular complexity index is 833. The molecule has 7 heteroatoms. The first-order chi connectivity index (χ1) is 13.4. The zero-order valence-electron chi connectivity index (χ0n) is 15.9. The maximum absolute atomic E-state index is 13.4. The van der Waals surface area contributed by atoms with E-state index in [0.717, 1.165) is 37.1 Å². The van der Waals surface area contributed by atoms with Crippen LogP contribution in [0.3, 0.4) is 0 Å². The number of nitrogens with zero attached hydrogens (tertiary/aromatic N) is 2. The molecule has 2 aromatic carbocycles. The van der Waals surface area contributed by atoms with E-state index in [-0.39, 0.29) is 30.3 Å². The van der Waals surface area contributed by atoms with E-state index < -0.39 is 0 Å². The third kappa shape index (κ3) is 5.07. The predicted octanol–water partition coefficient (Wildman–Crippen LogP) is 2.91. The molecule has 3 rings (SSSR count). The second-order valence-electron chi connectivity index (χ2n) is 7.10. The molecule has 3 amide bonds. The number of halogens is 1. The maximum atomic E-state index is 13.4. The number of hydrogen-bond acceptors (Lipinski definition) is 3. The Hall–Kier alpha value is -2.93. The molecule has 1 aliphatic rings. The first-order valence-electron chi connectivity index (χ1n) is 9.33. The van der Waals surface area contributed by atoms with Crippen molar-refractivity contribution in [1.82, 2.24) is 9.80 Å². The first-order valence-corrected chi connectivity index (χ1v) is 9.33. The molecule has 0 aromatic heterocycles. The number of rotatable bonds is 5. The second kappa shape index (κ2) is 8.84. The van der Waals surface area contributed by atoms with E-state index in [4.69, 9.17) is 5.73 Å². The summed E-state index contributed by atoms with van der Waals surface area (Å²) in [5.74, 6) is -0.607. The van der Waals surface area contributed by atoms with Gasteiger partial charge in [-0.15, -0.1) is 0 Å². The molecule has 0 radical (unpaired) electrons. The fourth-order valence-corrected chi connectivity index (χ4v) is 3.48. The lowest BCUT2D eigenvalue weighted by molar-refractivity contribution is -0.119. The Morgan fingerprint density at radius 2 is 1.82 bits per heavy atom. The van der Waals surface area contributed by atoms with Crippen LogP contribution in [0.5, 0.6) is 0 Å². The first kappa shape index (κ1) is 19.8. The van der Waals surface area contributed by atoms with Gasteiger partial charge in [0.15, 0.2) is 0 Å². The predicted molar refractivity (Wildman–Crippen MR) is 107 cm³/mol. The normalized spacial score (nSPS) is 15.2. The molecule has 2 aromatic rings. The van der Waals surface area contributed by atoms with E-state index in [1.165, 1.54) is 12.1 Å². The van der Waals surface area contributed by atoms with Gasteiger partial charge in [0.2, 0.25) is 5.91 Å². The van der Waals surface area contributed by atoms with Crippen LogP contribution in [0, 0.1) is 5.82 Å². The Morgan fingerprint density at radius 3 is 2.43 bits per heavy atom. The van der Waals surface area contributed by atoms with Crippen molar-refractivity contribution in [2.75, 3.05) is 32.0 Å². The van der Waals surface area contributed by atoms with Crippen molar-refractivity contribution in [2.45, 2.75) is 18.9 Å². The molecule has 148 valence electrons. The highest BCUT2D eigenvalue weighted by atomic mass is 19.1. The van der Waals surface area contributed by atoms with Gasteiger partial charge in [-0.3, -0.25) is 9.69 Å². The van der Waals surface area contributed by atoms with Crippen LogP contribution in [-0.4, -0.2) is 54.5 Å². The van der Waals surface area contributed by atoms with Gasteiger partial charge in [0.25, 0.3) is 0 Å². The fourth-order valence-electron chi connectivity index (χ4n) is 3.48. The molecule has 1 fully saturated rings. The van der Waals surface area contributed by atoms with Gasteiger partial charge in [0.1, 0.15) is 5.82 Å². The smallest absolute Gasteiger partial charge is 0.321 e. The minimum absolute atomic E-state index is 0.121. The van der Waals surface area contributed by atoms with Crippen LogP contribution in [0.4, 0.5) is 14.9 Å². The Balaban J connectivity index is 1.55. The molecule has 1 heterocycles. The molecule has 0 bridgehead atoms. The van der Waals surface area contributed by atoms with E-state index in [0.29, 0.717) is 5.69 Å². The molecule has 0 saturated carbocycles. The number of piperidine rings is 1. The largest absolute Gasteiger partial charge is 0.369 e. The second-order valence-corrected chi connectivity index (χ2v) is 7.10. The zero-order chi connectivity index (χ0) is 20.1. The minimum atomic E-state index is -0.328. The van der Waals surface area contributed by atoms with Crippen molar-refractivity contribution >= 4 is 17.6 Å². The molecule has 1 saturated heterocycles. The number of carbonyl (C=O) groups is 2. The molecular weight excluding hydrogens is 359 g/mol. The summed E-state index contributed by atoms with van der Waals surface area (Å²) < 4.78 is 13.4. The van der Waals surface area contributed by atoms with Gasteiger partial charge in [-0.05, 0) is 48.2 Å². The van der Waals surface area contributed by atoms with Gasteiger partial charge in [0.05, 0.1) is 6.54 Å². The van der Waals surface area contributed by atoms with Gasteiger partial charge in [-0.2, -0.15) is 0 Å². The van der Waals surface area contributed by atoms with Gasteiger partial charge >= 0.3 is 6.03 Å². The number of nitrogens with two attached hydrogens (primary N) is 1. The van der Waals surface area contributed by atoms with Crippen molar-refractivity contribution in [3.63, 3.8) is 0 Å². The van der Waals surface area contributed by atoms with Crippen molar-refractivity contribution in [3.05, 3.63) is 54.3 Å². The van der Waals surface area contributed by atoms with Crippen LogP contribution >= 0.6 is 0 Å². The number of likely N-dealkylation sites (tertiary alicyclic amines) is 1. The molecule has 0 aliphatic carbocycles. The van der Waals surface area contributed by atoms with E-state index >= 15 is 0 Å². The summed E-state index contributed by atoms with van der Waals surface area (Å²) in [4.78, 5) is 27.3. The number of benzene rings is 2. The van der Waals surface area contributed by atoms with Crippen LogP contribution in [0.25, 0.3) is 11.1 Å². The number of carbonyl (C=O) groups excluding carboxylic acids is 2. The molecule has 28 heavy (non-hydrogen) atoms. The molecule has 6 nitrogen and oxygen atoms in total. The third-order valence-corrected chi connectivity index (χ3v) is 5.10. The lowest BCUT2D eigenvalue weighted by atomic mass is 10.0. The summed E-state index contributed by atoms with van der Waals surface area (Å²) >= 11 is 0. The van der Waals surface area contributed by atoms with E-state index in [2.05, 4.69) is 5.32 Å². The SMILES string of the molecule is CN(C(=O)Nc1ccc(-c2cccc(F)c2)cc1)C1CCN(CC(N)=O)CC1. The summed E-state index contributed by atoms with van der Waals surface area (Å²) in [6.07, 6.45) is 1.60. The summed E-state index contributed by atoms with van der Waals surface area (Å²) in [5.41, 5.74) is 7.59. The topological polar surface area (TPSA) is 78.7 Å². The Morgan fingerprint density at radius 1 is 1.14 bits per heavy atom. The van der Waals surface area contributed by atoms with Crippen LogP contribution < -0.4 is 11.1 Å². The third-order valence-electron chi connectivity index (χ3n) is 5.10. The number of nitrogens with one attached hydrogen (secondary N) is 1. The van der Waals surface area contributed by atoms with Gasteiger partial charge in [-0.25, -0.2) is 9.18 Å². The summed E-state index contributed by atoms with van der Waals surface area (Å²) in [6.45, 7) is 1.75. The van der Waals surface area contributed by atoms with Crippen LogP contribution in [0.2, 0.25) is 0 Å². The number of hydrogen-bond donors (Lipinski definition) is 2. The highest BCUT2D eigenvalue weighted by Gasteiger charge is 2.25. The molecule has 0 atom stereocenters. The maximum Gasteiger partial charge on any atom is 0.321 e. The van der Waals surface area contributed by atoms with E-state index in [1.54, 1.807) is 30.1 Å². The summed E-state index contributed by atoms with van der Waals surface area (Å²) in [6, 6.07) is 13.7. The monoisotopic (exact) mass is 384 g/mol. The number of urea groups is 1. The van der Waals surface area contributed by atoms with Crippen LogP contribution in [0.1, 0.15) is 12.8 Å². The average Bonchev–Trinajstić information content (AvgIpc) is 2.68. The molecule has 0 spiro atoms. The highest BCUT2D eigenvalue weighted by Crippen LogP contribution is 2.23. The van der Waals surface area contributed by atoms with E-state index in [1.807, 2.05) is 23.1 Å². The molecule has 0 unspecified atom stereocenters. The number of amides is 3. The molecular formula is C21H25FN4O2.